The van der Waals surface area contributed by atoms with E-state index in [0.717, 1.165) is 26.2 Å². The van der Waals surface area contributed by atoms with E-state index in [1.165, 1.54) is 12.7 Å². The van der Waals surface area contributed by atoms with Gasteiger partial charge >= 0.3 is 0 Å². The maximum atomic E-state index is 11.1. The van der Waals surface area contributed by atoms with Crippen LogP contribution in [0.2, 0.25) is 0 Å². The van der Waals surface area contributed by atoms with Gasteiger partial charge in [0.25, 0.3) is 0 Å². The van der Waals surface area contributed by atoms with Crippen molar-refractivity contribution in [2.75, 3.05) is 44.7 Å². The van der Waals surface area contributed by atoms with Crippen molar-refractivity contribution in [2.24, 2.45) is 5.41 Å². The van der Waals surface area contributed by atoms with Gasteiger partial charge in [-0.1, -0.05) is 13.8 Å². The molecule has 1 aliphatic heterocycles. The van der Waals surface area contributed by atoms with E-state index in [9.17, 15) is 8.42 Å². The van der Waals surface area contributed by atoms with Crippen molar-refractivity contribution in [3.63, 3.8) is 0 Å². The van der Waals surface area contributed by atoms with Crippen LogP contribution >= 0.6 is 12.4 Å². The van der Waals surface area contributed by atoms with Gasteiger partial charge in [0.05, 0.1) is 5.75 Å². The van der Waals surface area contributed by atoms with Crippen molar-refractivity contribution in [1.29, 1.82) is 0 Å². The minimum absolute atomic E-state index is 0. The Morgan fingerprint density at radius 3 is 2.47 bits per heavy atom. The molecule has 0 aliphatic carbocycles. The number of sulfone groups is 1. The SMILES string of the molecule is CCN(CCS(C)(=O)=O)CC1(C)CCNC1.Cl. The summed E-state index contributed by atoms with van der Waals surface area (Å²) in [5.41, 5.74) is 0.313. The van der Waals surface area contributed by atoms with E-state index in [0.29, 0.717) is 12.0 Å². The second-order valence-corrected chi connectivity index (χ2v) is 7.50. The van der Waals surface area contributed by atoms with E-state index in [2.05, 4.69) is 24.1 Å². The highest BCUT2D eigenvalue weighted by Gasteiger charge is 2.30. The molecule has 0 saturated carbocycles. The molecule has 1 heterocycles. The summed E-state index contributed by atoms with van der Waals surface area (Å²) >= 11 is 0. The Morgan fingerprint density at radius 2 is 2.06 bits per heavy atom. The van der Waals surface area contributed by atoms with Gasteiger partial charge in [0.1, 0.15) is 9.84 Å². The van der Waals surface area contributed by atoms with E-state index in [-0.39, 0.29) is 18.2 Å². The Balaban J connectivity index is 0.00000256. The van der Waals surface area contributed by atoms with E-state index in [1.54, 1.807) is 0 Å². The lowest BCUT2D eigenvalue weighted by Gasteiger charge is -2.31. The van der Waals surface area contributed by atoms with Gasteiger partial charge in [0.15, 0.2) is 0 Å². The fraction of sp³-hybridized carbons (Fsp3) is 1.00. The summed E-state index contributed by atoms with van der Waals surface area (Å²) in [6.07, 6.45) is 2.49. The predicted octanol–water partition coefficient (Wildman–Crippen LogP) is 0.774. The first-order valence-corrected chi connectivity index (χ1v) is 8.01. The summed E-state index contributed by atoms with van der Waals surface area (Å²) in [5, 5.41) is 3.37. The maximum Gasteiger partial charge on any atom is 0.148 e. The van der Waals surface area contributed by atoms with Gasteiger partial charge < -0.3 is 10.2 Å². The summed E-state index contributed by atoms with van der Waals surface area (Å²) < 4.78 is 22.3. The van der Waals surface area contributed by atoms with Gasteiger partial charge in [-0.2, -0.15) is 0 Å². The number of nitrogens with zero attached hydrogens (tertiary/aromatic N) is 1. The summed E-state index contributed by atoms with van der Waals surface area (Å²) in [6.45, 7) is 9.06. The van der Waals surface area contributed by atoms with E-state index in [4.69, 9.17) is 0 Å². The molecule has 1 unspecified atom stereocenters. The highest BCUT2D eigenvalue weighted by molar-refractivity contribution is 7.90. The van der Waals surface area contributed by atoms with Crippen LogP contribution in [0.3, 0.4) is 0 Å². The van der Waals surface area contributed by atoms with Crippen molar-refractivity contribution in [2.45, 2.75) is 20.3 Å². The molecule has 1 aliphatic rings. The zero-order valence-electron chi connectivity index (χ0n) is 11.0. The van der Waals surface area contributed by atoms with Crippen molar-refractivity contribution in [3.8, 4) is 0 Å². The molecule has 0 spiro atoms. The highest BCUT2D eigenvalue weighted by Crippen LogP contribution is 2.25. The average Bonchev–Trinajstić information content (AvgIpc) is 2.58. The third-order valence-electron chi connectivity index (χ3n) is 3.29. The molecule has 17 heavy (non-hydrogen) atoms. The zero-order chi connectivity index (χ0) is 12.2. The Bertz CT molecular complexity index is 313. The maximum absolute atomic E-state index is 11.1. The number of nitrogens with one attached hydrogen (secondary N) is 1. The van der Waals surface area contributed by atoms with Crippen LogP contribution in [0.25, 0.3) is 0 Å². The number of hydrogen-bond donors (Lipinski definition) is 1. The van der Waals surface area contributed by atoms with Crippen molar-refractivity contribution >= 4 is 22.2 Å². The second kappa shape index (κ2) is 6.92. The average molecular weight is 285 g/mol. The minimum atomic E-state index is -2.84. The van der Waals surface area contributed by atoms with Crippen LogP contribution in [0.15, 0.2) is 0 Å². The van der Waals surface area contributed by atoms with Crippen LogP contribution in [0.4, 0.5) is 0 Å². The van der Waals surface area contributed by atoms with Crippen LogP contribution in [0, 0.1) is 5.41 Å². The highest BCUT2D eigenvalue weighted by atomic mass is 35.5. The summed E-state index contributed by atoms with van der Waals surface area (Å²) in [4.78, 5) is 2.24. The number of rotatable bonds is 6. The fourth-order valence-electron chi connectivity index (χ4n) is 2.19. The second-order valence-electron chi connectivity index (χ2n) is 5.24. The van der Waals surface area contributed by atoms with Gasteiger partial charge in [0.2, 0.25) is 0 Å². The monoisotopic (exact) mass is 284 g/mol. The van der Waals surface area contributed by atoms with Gasteiger partial charge in [-0.15, -0.1) is 12.4 Å². The molecule has 0 bridgehead atoms. The summed E-state index contributed by atoms with van der Waals surface area (Å²) in [6, 6.07) is 0. The molecule has 0 amide bonds. The van der Waals surface area contributed by atoms with Crippen LogP contribution in [-0.2, 0) is 9.84 Å². The van der Waals surface area contributed by atoms with E-state index in [1.807, 2.05) is 0 Å². The molecule has 0 aromatic heterocycles. The van der Waals surface area contributed by atoms with E-state index >= 15 is 0 Å². The number of halogens is 1. The molecule has 1 N–H and O–H groups in total. The Hall–Kier alpha value is 0.160. The molecule has 0 aromatic carbocycles. The molecule has 4 nitrogen and oxygen atoms in total. The van der Waals surface area contributed by atoms with Gasteiger partial charge in [0, 0.05) is 25.9 Å². The lowest BCUT2D eigenvalue weighted by molar-refractivity contribution is 0.193. The Kier molecular flexibility index (Phi) is 6.99. The minimum Gasteiger partial charge on any atom is -0.316 e. The smallest absolute Gasteiger partial charge is 0.148 e. The van der Waals surface area contributed by atoms with Crippen LogP contribution < -0.4 is 5.32 Å². The first-order chi connectivity index (χ1) is 7.35. The van der Waals surface area contributed by atoms with E-state index < -0.39 is 9.84 Å². The molecular weight excluding hydrogens is 260 g/mol. The topological polar surface area (TPSA) is 49.4 Å². The van der Waals surface area contributed by atoms with Gasteiger partial charge in [-0.3, -0.25) is 0 Å². The largest absolute Gasteiger partial charge is 0.316 e. The normalized spacial score (nSPS) is 24.9. The molecule has 0 aromatic rings. The van der Waals surface area contributed by atoms with Gasteiger partial charge in [-0.25, -0.2) is 8.42 Å². The first-order valence-electron chi connectivity index (χ1n) is 5.95. The molecule has 6 heteroatoms. The third-order valence-corrected chi connectivity index (χ3v) is 4.21. The van der Waals surface area contributed by atoms with Crippen LogP contribution in [0.1, 0.15) is 20.3 Å². The van der Waals surface area contributed by atoms with Crippen molar-refractivity contribution in [3.05, 3.63) is 0 Å². The molecular formula is C11H25ClN2O2S. The lowest BCUT2D eigenvalue weighted by Crippen LogP contribution is -2.39. The summed E-state index contributed by atoms with van der Waals surface area (Å²) in [5.74, 6) is 0.268. The molecule has 1 fully saturated rings. The molecule has 104 valence electrons. The molecule has 0 radical (unpaired) electrons. The third kappa shape index (κ3) is 6.60. The Labute approximate surface area is 111 Å². The van der Waals surface area contributed by atoms with Crippen LogP contribution in [-0.4, -0.2) is 58.1 Å². The van der Waals surface area contributed by atoms with Crippen molar-refractivity contribution < 1.29 is 8.42 Å². The van der Waals surface area contributed by atoms with Crippen LogP contribution in [0.5, 0.6) is 0 Å². The molecule has 1 atom stereocenters. The van der Waals surface area contributed by atoms with Gasteiger partial charge in [-0.05, 0) is 24.9 Å². The predicted molar refractivity (Wildman–Crippen MR) is 74.7 cm³/mol. The zero-order valence-corrected chi connectivity index (χ0v) is 12.7. The summed E-state index contributed by atoms with van der Waals surface area (Å²) in [7, 11) is -2.84. The Morgan fingerprint density at radius 1 is 1.41 bits per heavy atom. The molecule has 1 rings (SSSR count). The standard InChI is InChI=1S/C11H24N2O2S.ClH/c1-4-13(7-8-16(3,14)15)10-11(2)5-6-12-9-11;/h12H,4-10H2,1-3H3;1H. The molecule has 1 saturated heterocycles. The fourth-order valence-corrected chi connectivity index (χ4v) is 2.78. The lowest BCUT2D eigenvalue weighted by atomic mass is 9.89. The number of hydrogen-bond acceptors (Lipinski definition) is 4. The van der Waals surface area contributed by atoms with Crippen molar-refractivity contribution in [1.82, 2.24) is 10.2 Å². The first kappa shape index (κ1) is 17.2. The quantitative estimate of drug-likeness (QED) is 0.783.